The number of hydrogen-bond donors (Lipinski definition) is 1. The summed E-state index contributed by atoms with van der Waals surface area (Å²) in [6, 6.07) is 3.23. The zero-order chi connectivity index (χ0) is 10.9. The molecule has 15 heavy (non-hydrogen) atoms. The Bertz CT molecular complexity index is 445. The normalized spacial score (nSPS) is 23.9. The minimum absolute atomic E-state index is 0.0644. The fourth-order valence-electron chi connectivity index (χ4n) is 1.51. The number of hydrogen-bond acceptors (Lipinski definition) is 5. The van der Waals surface area contributed by atoms with Crippen LogP contribution in [0.25, 0.3) is 0 Å². The SMILES string of the molecule is O=S1(=O)CC[C@@H](Nc2ccc(Cl)nn2)C1. The number of aromatic nitrogens is 2. The number of sulfone groups is 1. The molecule has 1 aliphatic heterocycles. The van der Waals surface area contributed by atoms with E-state index in [1.165, 1.54) is 0 Å². The van der Waals surface area contributed by atoms with Crippen molar-refractivity contribution < 1.29 is 8.42 Å². The maximum Gasteiger partial charge on any atom is 0.152 e. The second kappa shape index (κ2) is 3.94. The standard InChI is InChI=1S/C8H10ClN3O2S/c9-7-1-2-8(12-11-7)10-6-3-4-15(13,14)5-6/h1-2,6H,3-5H2,(H,10,12)/t6-/m1/s1. The first-order valence-electron chi connectivity index (χ1n) is 4.51. The third kappa shape index (κ3) is 2.79. The van der Waals surface area contributed by atoms with E-state index in [1.54, 1.807) is 12.1 Å². The van der Waals surface area contributed by atoms with Gasteiger partial charge in [0, 0.05) is 6.04 Å². The van der Waals surface area contributed by atoms with E-state index in [4.69, 9.17) is 11.6 Å². The van der Waals surface area contributed by atoms with Crippen LogP contribution in [0.2, 0.25) is 5.15 Å². The molecule has 5 nitrogen and oxygen atoms in total. The summed E-state index contributed by atoms with van der Waals surface area (Å²) in [4.78, 5) is 0. The fraction of sp³-hybridized carbons (Fsp3) is 0.500. The van der Waals surface area contributed by atoms with Crippen LogP contribution in [0.1, 0.15) is 6.42 Å². The van der Waals surface area contributed by atoms with Crippen molar-refractivity contribution >= 4 is 27.3 Å². The molecule has 2 rings (SSSR count). The Morgan fingerprint density at radius 1 is 1.40 bits per heavy atom. The van der Waals surface area contributed by atoms with Gasteiger partial charge in [0.25, 0.3) is 0 Å². The number of anilines is 1. The van der Waals surface area contributed by atoms with Crippen LogP contribution >= 0.6 is 11.6 Å². The quantitative estimate of drug-likeness (QED) is 0.834. The van der Waals surface area contributed by atoms with Gasteiger partial charge in [0.1, 0.15) is 5.82 Å². The Morgan fingerprint density at radius 2 is 2.20 bits per heavy atom. The minimum Gasteiger partial charge on any atom is -0.365 e. The lowest BCUT2D eigenvalue weighted by Gasteiger charge is -2.09. The van der Waals surface area contributed by atoms with Crippen LogP contribution in [0, 0.1) is 0 Å². The summed E-state index contributed by atoms with van der Waals surface area (Å²) < 4.78 is 22.4. The lowest BCUT2D eigenvalue weighted by atomic mass is 10.2. The van der Waals surface area contributed by atoms with Gasteiger partial charge in [-0.1, -0.05) is 11.6 Å². The Kier molecular flexibility index (Phi) is 2.79. The summed E-state index contributed by atoms with van der Waals surface area (Å²) in [5, 5.41) is 10.8. The van der Waals surface area contributed by atoms with Crippen molar-refractivity contribution in [3.8, 4) is 0 Å². The van der Waals surface area contributed by atoms with Gasteiger partial charge in [-0.25, -0.2) is 8.42 Å². The molecule has 1 fully saturated rings. The molecule has 0 bridgehead atoms. The van der Waals surface area contributed by atoms with E-state index in [-0.39, 0.29) is 17.5 Å². The van der Waals surface area contributed by atoms with Crippen molar-refractivity contribution in [3.05, 3.63) is 17.3 Å². The van der Waals surface area contributed by atoms with Crippen LogP contribution < -0.4 is 5.32 Å². The molecule has 1 aromatic rings. The summed E-state index contributed by atoms with van der Waals surface area (Å²) in [5.41, 5.74) is 0. The second-order valence-corrected chi connectivity index (χ2v) is 6.10. The van der Waals surface area contributed by atoms with Gasteiger partial charge in [-0.05, 0) is 18.6 Å². The van der Waals surface area contributed by atoms with Gasteiger partial charge < -0.3 is 5.32 Å². The summed E-state index contributed by atoms with van der Waals surface area (Å²) in [7, 11) is -2.86. The molecule has 0 aliphatic carbocycles. The number of nitrogens with one attached hydrogen (secondary N) is 1. The van der Waals surface area contributed by atoms with Crippen LogP contribution in [-0.2, 0) is 9.84 Å². The predicted octanol–water partition coefficient (Wildman–Crippen LogP) is 0.729. The molecule has 0 radical (unpaired) electrons. The van der Waals surface area contributed by atoms with Gasteiger partial charge >= 0.3 is 0 Å². The predicted molar refractivity (Wildman–Crippen MR) is 57.7 cm³/mol. The zero-order valence-electron chi connectivity index (χ0n) is 7.85. The van der Waals surface area contributed by atoms with Crippen LogP contribution in [0.15, 0.2) is 12.1 Å². The Labute approximate surface area is 92.8 Å². The van der Waals surface area contributed by atoms with E-state index in [0.717, 1.165) is 0 Å². The van der Waals surface area contributed by atoms with Gasteiger partial charge in [0.15, 0.2) is 15.0 Å². The van der Waals surface area contributed by atoms with Gasteiger partial charge in [0.05, 0.1) is 11.5 Å². The van der Waals surface area contributed by atoms with Gasteiger partial charge in [-0.2, -0.15) is 0 Å². The van der Waals surface area contributed by atoms with Crippen molar-refractivity contribution in [1.82, 2.24) is 10.2 Å². The first-order valence-corrected chi connectivity index (χ1v) is 6.71. The highest BCUT2D eigenvalue weighted by atomic mass is 35.5. The van der Waals surface area contributed by atoms with Gasteiger partial charge in [0.2, 0.25) is 0 Å². The summed E-state index contributed by atoms with van der Waals surface area (Å²) in [6.07, 6.45) is 0.618. The first kappa shape index (κ1) is 10.6. The van der Waals surface area contributed by atoms with E-state index >= 15 is 0 Å². The molecule has 1 aliphatic rings. The van der Waals surface area contributed by atoms with Crippen LogP contribution in [0.3, 0.4) is 0 Å². The molecule has 0 aromatic carbocycles. The van der Waals surface area contributed by atoms with Crippen molar-refractivity contribution in [2.75, 3.05) is 16.8 Å². The number of halogens is 1. The van der Waals surface area contributed by atoms with Crippen molar-refractivity contribution in [3.63, 3.8) is 0 Å². The molecule has 1 N–H and O–H groups in total. The number of rotatable bonds is 2. The second-order valence-electron chi connectivity index (χ2n) is 3.49. The smallest absolute Gasteiger partial charge is 0.152 e. The summed E-state index contributed by atoms with van der Waals surface area (Å²) >= 11 is 5.58. The zero-order valence-corrected chi connectivity index (χ0v) is 9.42. The van der Waals surface area contributed by atoms with Gasteiger partial charge in [-0.15, -0.1) is 10.2 Å². The van der Waals surface area contributed by atoms with E-state index in [9.17, 15) is 8.42 Å². The highest BCUT2D eigenvalue weighted by Crippen LogP contribution is 2.16. The molecule has 0 spiro atoms. The topological polar surface area (TPSA) is 72.0 Å². The molecule has 7 heteroatoms. The molecule has 82 valence electrons. The third-order valence-electron chi connectivity index (χ3n) is 2.22. The lowest BCUT2D eigenvalue weighted by molar-refractivity contribution is 0.602. The summed E-state index contributed by atoms with van der Waals surface area (Å²) in [6.45, 7) is 0. The average molecular weight is 248 g/mol. The molecule has 2 heterocycles. The molecular weight excluding hydrogens is 238 g/mol. The van der Waals surface area contributed by atoms with Crippen molar-refractivity contribution in [2.24, 2.45) is 0 Å². The van der Waals surface area contributed by atoms with E-state index < -0.39 is 9.84 Å². The van der Waals surface area contributed by atoms with Crippen molar-refractivity contribution in [2.45, 2.75) is 12.5 Å². The molecule has 0 saturated carbocycles. The molecule has 0 unspecified atom stereocenters. The van der Waals surface area contributed by atoms with Gasteiger partial charge in [-0.3, -0.25) is 0 Å². The molecule has 0 amide bonds. The summed E-state index contributed by atoms with van der Waals surface area (Å²) in [5.74, 6) is 0.963. The molecule has 1 aromatic heterocycles. The van der Waals surface area contributed by atoms with Crippen LogP contribution in [0.4, 0.5) is 5.82 Å². The minimum atomic E-state index is -2.86. The maximum atomic E-state index is 11.2. The monoisotopic (exact) mass is 247 g/mol. The fourth-order valence-corrected chi connectivity index (χ4v) is 3.29. The molecule has 1 saturated heterocycles. The Balaban J connectivity index is 2.02. The van der Waals surface area contributed by atoms with Crippen molar-refractivity contribution in [1.29, 1.82) is 0 Å². The Morgan fingerprint density at radius 3 is 2.73 bits per heavy atom. The van der Waals surface area contributed by atoms with E-state index in [2.05, 4.69) is 15.5 Å². The highest BCUT2D eigenvalue weighted by molar-refractivity contribution is 7.91. The van der Waals surface area contributed by atoms with Crippen LogP contribution in [-0.4, -0.2) is 36.2 Å². The lowest BCUT2D eigenvalue weighted by Crippen LogP contribution is -2.21. The largest absolute Gasteiger partial charge is 0.365 e. The first-order chi connectivity index (χ1) is 7.05. The third-order valence-corrected chi connectivity index (χ3v) is 4.19. The Hall–Kier alpha value is -0.880. The molecule has 1 atom stereocenters. The number of nitrogens with zero attached hydrogens (tertiary/aromatic N) is 2. The van der Waals surface area contributed by atoms with Crippen LogP contribution in [0.5, 0.6) is 0 Å². The maximum absolute atomic E-state index is 11.2. The average Bonchev–Trinajstić information content (AvgIpc) is 2.50. The highest BCUT2D eigenvalue weighted by Gasteiger charge is 2.27. The molecular formula is C8H10ClN3O2S. The van der Waals surface area contributed by atoms with E-state index in [1.807, 2.05) is 0 Å². The van der Waals surface area contributed by atoms with E-state index in [0.29, 0.717) is 17.4 Å².